The maximum absolute atomic E-state index is 13.3. The minimum atomic E-state index is -0.782. The lowest BCUT2D eigenvalue weighted by Crippen LogP contribution is -2.59. The highest BCUT2D eigenvalue weighted by molar-refractivity contribution is 5.83. The van der Waals surface area contributed by atoms with Crippen LogP contribution in [0.4, 0.5) is 0 Å². The minimum absolute atomic E-state index is 0.0158. The van der Waals surface area contributed by atoms with Crippen molar-refractivity contribution < 1.29 is 25.2 Å². The molecule has 4 aliphatic carbocycles. The van der Waals surface area contributed by atoms with E-state index < -0.39 is 24.4 Å². The largest absolute Gasteiger partial charge is 0.390 e. The second-order valence-corrected chi connectivity index (χ2v) is 13.4. The lowest BCUT2D eigenvalue weighted by Gasteiger charge is -2.61. The molecule has 0 aromatic rings. The van der Waals surface area contributed by atoms with Crippen molar-refractivity contribution in [2.75, 3.05) is 0 Å². The molecule has 0 radical (unpaired) electrons. The summed E-state index contributed by atoms with van der Waals surface area (Å²) >= 11 is 0. The Morgan fingerprint density at radius 3 is 2.15 bits per heavy atom. The van der Waals surface area contributed by atoms with Gasteiger partial charge < -0.3 is 20.4 Å². The Morgan fingerprint density at radius 2 is 1.52 bits per heavy atom. The van der Waals surface area contributed by atoms with Gasteiger partial charge in [-0.3, -0.25) is 4.79 Å². The zero-order valence-electron chi connectivity index (χ0n) is 21.6. The van der Waals surface area contributed by atoms with Gasteiger partial charge in [0.2, 0.25) is 0 Å². The monoisotopic (exact) mass is 464 g/mol. The molecule has 33 heavy (non-hydrogen) atoms. The van der Waals surface area contributed by atoms with Gasteiger partial charge in [-0.15, -0.1) is 0 Å². The van der Waals surface area contributed by atoms with Crippen LogP contribution in [0.3, 0.4) is 0 Å². The molecule has 5 nitrogen and oxygen atoms in total. The minimum Gasteiger partial charge on any atom is -0.390 e. The maximum Gasteiger partial charge on any atom is 0.136 e. The number of rotatable bonds is 5. The Balaban J connectivity index is 1.56. The molecular weight excluding hydrogens is 416 g/mol. The summed E-state index contributed by atoms with van der Waals surface area (Å²) in [5.41, 5.74) is -0.162. The zero-order chi connectivity index (χ0) is 24.5. The van der Waals surface area contributed by atoms with Gasteiger partial charge in [0.1, 0.15) is 5.78 Å². The number of hydrogen-bond donors (Lipinski definition) is 4. The van der Waals surface area contributed by atoms with Crippen LogP contribution in [0, 0.1) is 58.2 Å². The number of aliphatic hydroxyl groups excluding tert-OH is 4. The van der Waals surface area contributed by atoms with Gasteiger partial charge in [0.05, 0.1) is 24.4 Å². The van der Waals surface area contributed by atoms with Gasteiger partial charge in [0.25, 0.3) is 0 Å². The second kappa shape index (κ2) is 8.87. The molecule has 4 rings (SSSR count). The van der Waals surface area contributed by atoms with Gasteiger partial charge >= 0.3 is 0 Å². The molecule has 0 amide bonds. The van der Waals surface area contributed by atoms with E-state index in [2.05, 4.69) is 34.6 Å². The van der Waals surface area contributed by atoms with Crippen molar-refractivity contribution in [1.82, 2.24) is 0 Å². The molecule has 13 atom stereocenters. The smallest absolute Gasteiger partial charge is 0.136 e. The van der Waals surface area contributed by atoms with Crippen molar-refractivity contribution in [3.05, 3.63) is 0 Å². The van der Waals surface area contributed by atoms with Crippen LogP contribution in [0.5, 0.6) is 0 Å². The molecule has 4 unspecified atom stereocenters. The Hall–Kier alpha value is -0.490. The van der Waals surface area contributed by atoms with Crippen molar-refractivity contribution in [2.24, 2.45) is 58.2 Å². The fraction of sp³-hybridized carbons (Fsp3) is 0.964. The van der Waals surface area contributed by atoms with Crippen molar-refractivity contribution in [3.63, 3.8) is 0 Å². The standard InChI is InChI=1S/C28H48O5/c1-14(2)15(3)25(32)26(33)16(4)18-7-8-19-17-11-22(29)21-12-23(30)24(31)13-28(21,6)20(17)9-10-27(18,19)5/h14-21,23-26,30-33H,7-13H2,1-6H3/t15-,16-,17?,18+,19?,20?,21?,23+,24+,25+,26+,27+,28+/m0/s1. The summed E-state index contributed by atoms with van der Waals surface area (Å²) < 4.78 is 0. The summed E-state index contributed by atoms with van der Waals surface area (Å²) in [6.07, 6.45) is 2.80. The first-order valence-corrected chi connectivity index (χ1v) is 13.6. The summed E-state index contributed by atoms with van der Waals surface area (Å²) in [7, 11) is 0. The molecule has 4 aliphatic rings. The third-order valence-electron chi connectivity index (χ3n) is 11.7. The SMILES string of the molecule is CC(C)[C@H](C)[C@@H](O)[C@H](O)[C@@H](C)[C@H]1CCC2C3CC(=O)C4C[C@@H](O)[C@H](O)C[C@]4(C)C3CC[C@@]21C. The topological polar surface area (TPSA) is 98.0 Å². The molecule has 0 saturated heterocycles. The van der Waals surface area contributed by atoms with Gasteiger partial charge in [-0.2, -0.15) is 0 Å². The number of aliphatic hydroxyl groups is 4. The average molecular weight is 465 g/mol. The van der Waals surface area contributed by atoms with E-state index in [1.165, 1.54) is 0 Å². The molecule has 4 saturated carbocycles. The van der Waals surface area contributed by atoms with Gasteiger partial charge in [-0.1, -0.05) is 41.5 Å². The van der Waals surface area contributed by atoms with E-state index in [-0.39, 0.29) is 34.4 Å². The van der Waals surface area contributed by atoms with E-state index in [9.17, 15) is 25.2 Å². The van der Waals surface area contributed by atoms with Crippen molar-refractivity contribution >= 4 is 5.78 Å². The molecule has 0 bridgehead atoms. The van der Waals surface area contributed by atoms with Crippen LogP contribution < -0.4 is 0 Å². The van der Waals surface area contributed by atoms with E-state index in [4.69, 9.17) is 0 Å². The van der Waals surface area contributed by atoms with Crippen LogP contribution in [0.15, 0.2) is 0 Å². The number of carbonyl (C=O) groups is 1. The Kier molecular flexibility index (Phi) is 6.88. The van der Waals surface area contributed by atoms with E-state index in [0.717, 1.165) is 25.7 Å². The molecule has 0 spiro atoms. The summed E-state index contributed by atoms with van der Waals surface area (Å²) in [6, 6.07) is 0. The van der Waals surface area contributed by atoms with Crippen LogP contribution in [0.2, 0.25) is 0 Å². The molecule has 0 heterocycles. The van der Waals surface area contributed by atoms with E-state index in [1.54, 1.807) is 0 Å². The summed E-state index contributed by atoms with van der Waals surface area (Å²) in [6.45, 7) is 12.9. The molecule has 4 N–H and O–H groups in total. The average Bonchev–Trinajstić information content (AvgIpc) is 3.10. The van der Waals surface area contributed by atoms with Gasteiger partial charge in [0, 0.05) is 12.3 Å². The van der Waals surface area contributed by atoms with E-state index >= 15 is 0 Å². The molecule has 190 valence electrons. The number of ketones is 1. The highest BCUT2D eigenvalue weighted by Crippen LogP contribution is 2.67. The van der Waals surface area contributed by atoms with Gasteiger partial charge in [-0.05, 0) is 90.8 Å². The number of carbonyl (C=O) groups excluding carboxylic acids is 1. The molecule has 4 fully saturated rings. The third-order valence-corrected chi connectivity index (χ3v) is 11.7. The van der Waals surface area contributed by atoms with Crippen LogP contribution in [0.1, 0.15) is 86.5 Å². The lowest BCUT2D eigenvalue weighted by molar-refractivity contribution is -0.175. The fourth-order valence-corrected chi connectivity index (χ4v) is 9.23. The molecule has 0 aromatic carbocycles. The lowest BCUT2D eigenvalue weighted by atomic mass is 9.44. The van der Waals surface area contributed by atoms with E-state index in [1.807, 2.05) is 6.92 Å². The molecule has 0 aliphatic heterocycles. The summed E-state index contributed by atoms with van der Waals surface area (Å²) in [5.74, 6) is 2.05. The fourth-order valence-electron chi connectivity index (χ4n) is 9.23. The van der Waals surface area contributed by atoms with Crippen LogP contribution in [-0.4, -0.2) is 50.6 Å². The summed E-state index contributed by atoms with van der Waals surface area (Å²) in [4.78, 5) is 13.3. The Morgan fingerprint density at radius 1 is 0.879 bits per heavy atom. The highest BCUT2D eigenvalue weighted by Gasteiger charge is 2.63. The second-order valence-electron chi connectivity index (χ2n) is 13.4. The Labute approximate surface area is 200 Å². The first kappa shape index (κ1) is 25.6. The first-order valence-electron chi connectivity index (χ1n) is 13.6. The van der Waals surface area contributed by atoms with Gasteiger partial charge in [-0.25, -0.2) is 0 Å². The van der Waals surface area contributed by atoms with Crippen LogP contribution in [-0.2, 0) is 4.79 Å². The number of fused-ring (bicyclic) bond motifs is 5. The maximum atomic E-state index is 13.3. The highest BCUT2D eigenvalue weighted by atomic mass is 16.3. The van der Waals surface area contributed by atoms with E-state index in [0.29, 0.717) is 48.9 Å². The predicted octanol–water partition coefficient (Wildman–Crippen LogP) is 3.81. The molecular formula is C28H48O5. The van der Waals surface area contributed by atoms with Crippen LogP contribution >= 0.6 is 0 Å². The number of hydrogen-bond acceptors (Lipinski definition) is 5. The summed E-state index contributed by atoms with van der Waals surface area (Å²) in [5, 5.41) is 42.8. The quantitative estimate of drug-likeness (QED) is 0.496. The van der Waals surface area contributed by atoms with Crippen molar-refractivity contribution in [3.8, 4) is 0 Å². The van der Waals surface area contributed by atoms with Crippen molar-refractivity contribution in [1.29, 1.82) is 0 Å². The number of Topliss-reactive ketones (excluding diaryl/α,β-unsaturated/α-hetero) is 1. The molecule has 5 heteroatoms. The van der Waals surface area contributed by atoms with Gasteiger partial charge in [0.15, 0.2) is 0 Å². The van der Waals surface area contributed by atoms with Crippen molar-refractivity contribution in [2.45, 2.75) is 111 Å². The normalized spacial score (nSPS) is 49.1. The third kappa shape index (κ3) is 3.93. The first-order chi connectivity index (χ1) is 15.3. The van der Waals surface area contributed by atoms with Crippen LogP contribution in [0.25, 0.3) is 0 Å². The predicted molar refractivity (Wildman–Crippen MR) is 128 cm³/mol. The zero-order valence-corrected chi connectivity index (χ0v) is 21.6. The molecule has 0 aromatic heterocycles. The Bertz CT molecular complexity index is 738.